The highest BCUT2D eigenvalue weighted by molar-refractivity contribution is 7.89. The van der Waals surface area contributed by atoms with Crippen molar-refractivity contribution in [3.05, 3.63) is 41.3 Å². The molecule has 1 aliphatic carbocycles. The van der Waals surface area contributed by atoms with Crippen LogP contribution in [0.25, 0.3) is 0 Å². The van der Waals surface area contributed by atoms with Crippen molar-refractivity contribution in [1.82, 2.24) is 14.5 Å². The predicted octanol–water partition coefficient (Wildman–Crippen LogP) is 1.92. The first-order valence-corrected chi connectivity index (χ1v) is 11.1. The van der Waals surface area contributed by atoms with E-state index in [0.717, 1.165) is 12.0 Å². The number of anilines is 1. The van der Waals surface area contributed by atoms with E-state index in [9.17, 15) is 13.2 Å². The van der Waals surface area contributed by atoms with Crippen LogP contribution in [0.3, 0.4) is 0 Å². The second-order valence-corrected chi connectivity index (χ2v) is 9.68. The molecule has 0 spiro atoms. The Labute approximate surface area is 164 Å². The van der Waals surface area contributed by atoms with E-state index in [2.05, 4.69) is 21.6 Å². The Kier molecular flexibility index (Phi) is 5.20. The summed E-state index contributed by atoms with van der Waals surface area (Å²) in [6, 6.07) is 8.14. The number of nitrogens with one attached hydrogen (secondary N) is 1. The van der Waals surface area contributed by atoms with Crippen LogP contribution in [0.4, 0.5) is 6.01 Å². The third kappa shape index (κ3) is 3.81. The predicted molar refractivity (Wildman–Crippen MR) is 103 cm³/mol. The number of hydrogen-bond donors (Lipinski definition) is 1. The molecule has 0 bridgehead atoms. The van der Waals surface area contributed by atoms with Crippen LogP contribution in [0.2, 0.25) is 0 Å². The van der Waals surface area contributed by atoms with Crippen molar-refractivity contribution < 1.29 is 17.6 Å². The molecule has 2 heterocycles. The van der Waals surface area contributed by atoms with Gasteiger partial charge in [0.15, 0.2) is 0 Å². The van der Waals surface area contributed by atoms with Crippen molar-refractivity contribution in [2.24, 2.45) is 5.92 Å². The average Bonchev–Trinajstić information content (AvgIpc) is 3.12. The van der Waals surface area contributed by atoms with E-state index in [1.165, 1.54) is 5.56 Å². The lowest BCUT2D eigenvalue weighted by atomic mass is 9.92. The molecular weight excluding hydrogens is 380 g/mol. The fourth-order valence-electron chi connectivity index (χ4n) is 4.06. The van der Waals surface area contributed by atoms with Crippen molar-refractivity contribution >= 4 is 21.9 Å². The molecule has 9 heteroatoms. The topological polar surface area (TPSA) is 105 Å². The second kappa shape index (κ2) is 7.63. The minimum Gasteiger partial charge on any atom is -0.408 e. The van der Waals surface area contributed by atoms with Crippen molar-refractivity contribution in [1.29, 1.82) is 0 Å². The summed E-state index contributed by atoms with van der Waals surface area (Å²) >= 11 is 0. The van der Waals surface area contributed by atoms with Crippen LogP contribution in [-0.4, -0.2) is 47.2 Å². The van der Waals surface area contributed by atoms with Gasteiger partial charge < -0.3 is 4.42 Å². The van der Waals surface area contributed by atoms with Crippen LogP contribution in [0.1, 0.15) is 36.3 Å². The van der Waals surface area contributed by atoms with Gasteiger partial charge in [-0.2, -0.15) is 0 Å². The summed E-state index contributed by atoms with van der Waals surface area (Å²) < 4.78 is 33.0. The van der Waals surface area contributed by atoms with Crippen LogP contribution >= 0.6 is 0 Å². The summed E-state index contributed by atoms with van der Waals surface area (Å²) in [6.07, 6.45) is 2.98. The Morgan fingerprint density at radius 1 is 1.14 bits per heavy atom. The Morgan fingerprint density at radius 2 is 1.86 bits per heavy atom. The number of fused-ring (bicyclic) bond motifs is 1. The molecule has 1 aromatic carbocycles. The lowest BCUT2D eigenvalue weighted by molar-refractivity contribution is -0.121. The van der Waals surface area contributed by atoms with E-state index in [4.69, 9.17) is 4.42 Å². The quantitative estimate of drug-likeness (QED) is 0.835. The summed E-state index contributed by atoms with van der Waals surface area (Å²) in [7, 11) is -3.37. The van der Waals surface area contributed by atoms with E-state index in [-0.39, 0.29) is 23.1 Å². The smallest absolute Gasteiger partial charge is 0.322 e. The number of sulfonamides is 1. The number of nitrogens with zero attached hydrogens (tertiary/aromatic N) is 3. The maximum Gasteiger partial charge on any atom is 0.322 e. The molecule has 1 saturated heterocycles. The third-order valence-electron chi connectivity index (χ3n) is 5.66. The Hall–Kier alpha value is -2.26. The van der Waals surface area contributed by atoms with Crippen molar-refractivity contribution in [2.75, 3.05) is 18.4 Å². The highest BCUT2D eigenvalue weighted by Gasteiger charge is 2.37. The molecule has 1 atom stereocenters. The third-order valence-corrected chi connectivity index (χ3v) is 7.99. The highest BCUT2D eigenvalue weighted by Crippen LogP contribution is 2.29. The molecule has 2 aliphatic rings. The maximum atomic E-state index is 13.1. The molecule has 1 aromatic heterocycles. The molecule has 28 heavy (non-hydrogen) atoms. The molecule has 0 radical (unpaired) electrons. The lowest BCUT2D eigenvalue weighted by Gasteiger charge is -2.34. The molecule has 1 N–H and O–H groups in total. The number of amides is 1. The summed E-state index contributed by atoms with van der Waals surface area (Å²) in [5.41, 5.74) is 2.38. The molecule has 1 unspecified atom stereocenters. The standard InChI is InChI=1S/C19H24N4O4S/c1-13-21-22-19(27-13)20-18(24)15-8-10-23(11-9-15)28(25,26)17-7-6-14-4-2-3-5-16(14)12-17/h2-5,15,17H,6-12H2,1H3,(H,20,22,24). The number of hydrogen-bond acceptors (Lipinski definition) is 6. The highest BCUT2D eigenvalue weighted by atomic mass is 32.2. The van der Waals surface area contributed by atoms with E-state index >= 15 is 0 Å². The zero-order valence-electron chi connectivity index (χ0n) is 15.8. The molecular formula is C19H24N4O4S. The van der Waals surface area contributed by atoms with E-state index < -0.39 is 10.0 Å². The van der Waals surface area contributed by atoms with Gasteiger partial charge in [0, 0.05) is 25.9 Å². The Morgan fingerprint density at radius 3 is 2.54 bits per heavy atom. The molecule has 4 rings (SSSR count). The minimum atomic E-state index is -3.37. The van der Waals surface area contributed by atoms with Crippen LogP contribution in [0.5, 0.6) is 0 Å². The normalized spacial score (nSPS) is 21.2. The van der Waals surface area contributed by atoms with Gasteiger partial charge in [0.05, 0.1) is 5.25 Å². The van der Waals surface area contributed by atoms with E-state index in [1.54, 1.807) is 11.2 Å². The molecule has 2 aromatic rings. The van der Waals surface area contributed by atoms with Crippen molar-refractivity contribution in [3.63, 3.8) is 0 Å². The number of aryl methyl sites for hydroxylation is 2. The summed E-state index contributed by atoms with van der Waals surface area (Å²) in [6.45, 7) is 2.37. The van der Waals surface area contributed by atoms with Gasteiger partial charge in [0.2, 0.25) is 21.8 Å². The maximum absolute atomic E-state index is 13.1. The van der Waals surface area contributed by atoms with Crippen LogP contribution in [-0.2, 0) is 27.7 Å². The van der Waals surface area contributed by atoms with Gasteiger partial charge >= 0.3 is 6.01 Å². The number of carbonyl (C=O) groups excluding carboxylic acids is 1. The van der Waals surface area contributed by atoms with Gasteiger partial charge in [0.25, 0.3) is 0 Å². The van der Waals surface area contributed by atoms with E-state index in [0.29, 0.717) is 44.7 Å². The van der Waals surface area contributed by atoms with Crippen molar-refractivity contribution in [2.45, 2.75) is 44.3 Å². The number of carbonyl (C=O) groups is 1. The van der Waals surface area contributed by atoms with Gasteiger partial charge in [-0.1, -0.05) is 29.4 Å². The van der Waals surface area contributed by atoms with Crippen LogP contribution < -0.4 is 5.32 Å². The summed E-state index contributed by atoms with van der Waals surface area (Å²) in [5, 5.41) is 9.67. The zero-order chi connectivity index (χ0) is 19.7. The van der Waals surface area contributed by atoms with Gasteiger partial charge in [-0.3, -0.25) is 10.1 Å². The first-order valence-electron chi connectivity index (χ1n) is 9.60. The number of benzene rings is 1. The molecule has 8 nitrogen and oxygen atoms in total. The second-order valence-electron chi connectivity index (χ2n) is 7.47. The molecule has 1 aliphatic heterocycles. The first-order chi connectivity index (χ1) is 13.4. The van der Waals surface area contributed by atoms with Crippen molar-refractivity contribution in [3.8, 4) is 0 Å². The number of aromatic nitrogens is 2. The van der Waals surface area contributed by atoms with Crippen LogP contribution in [0.15, 0.2) is 28.7 Å². The largest absolute Gasteiger partial charge is 0.408 e. The lowest BCUT2D eigenvalue weighted by Crippen LogP contribution is -2.46. The summed E-state index contributed by atoms with van der Waals surface area (Å²) in [5.74, 6) is -0.0803. The van der Waals surface area contributed by atoms with Gasteiger partial charge in [-0.15, -0.1) is 5.10 Å². The van der Waals surface area contributed by atoms with Crippen LogP contribution in [0, 0.1) is 12.8 Å². The molecule has 1 amide bonds. The molecule has 1 fully saturated rings. The Balaban J connectivity index is 1.36. The van der Waals surface area contributed by atoms with Gasteiger partial charge in [-0.25, -0.2) is 12.7 Å². The zero-order valence-corrected chi connectivity index (χ0v) is 16.6. The molecule has 150 valence electrons. The van der Waals surface area contributed by atoms with E-state index in [1.807, 2.05) is 18.2 Å². The fraction of sp³-hybridized carbons (Fsp3) is 0.526. The molecule has 0 saturated carbocycles. The fourth-order valence-corrected chi connectivity index (χ4v) is 6.00. The number of rotatable bonds is 4. The Bertz CT molecular complexity index is 964. The minimum absolute atomic E-state index is 0.0819. The van der Waals surface area contributed by atoms with Gasteiger partial charge in [-0.05, 0) is 43.2 Å². The first kappa shape index (κ1) is 19.1. The monoisotopic (exact) mass is 404 g/mol. The summed E-state index contributed by atoms with van der Waals surface area (Å²) in [4.78, 5) is 12.4. The van der Waals surface area contributed by atoms with Gasteiger partial charge in [0.1, 0.15) is 0 Å². The average molecular weight is 404 g/mol. The SMILES string of the molecule is Cc1nnc(NC(=O)C2CCN(S(=O)(=O)C3CCc4ccccc4C3)CC2)o1. The number of piperidine rings is 1.